The molecule has 7 nitrogen and oxygen atoms in total. The van der Waals surface area contributed by atoms with E-state index in [-0.39, 0.29) is 11.7 Å². The zero-order valence-corrected chi connectivity index (χ0v) is 9.12. The fourth-order valence-corrected chi connectivity index (χ4v) is 1.37. The maximum Gasteiger partial charge on any atom is 0.270 e. The summed E-state index contributed by atoms with van der Waals surface area (Å²) in [6.07, 6.45) is 0. The number of nitro benzene ring substituents is 1. The number of nitrogens with zero attached hydrogens (tertiary/aromatic N) is 3. The van der Waals surface area contributed by atoms with Gasteiger partial charge in [0.25, 0.3) is 5.69 Å². The third kappa shape index (κ3) is 2.28. The van der Waals surface area contributed by atoms with E-state index < -0.39 is 4.92 Å². The van der Waals surface area contributed by atoms with Gasteiger partial charge in [-0.25, -0.2) is 4.98 Å². The quantitative estimate of drug-likeness (QED) is 0.614. The van der Waals surface area contributed by atoms with E-state index in [9.17, 15) is 10.1 Å². The van der Waals surface area contributed by atoms with Gasteiger partial charge in [-0.15, -0.1) is 0 Å². The van der Waals surface area contributed by atoms with Crippen molar-refractivity contribution in [1.29, 1.82) is 0 Å². The van der Waals surface area contributed by atoms with Crippen molar-refractivity contribution in [3.8, 4) is 11.4 Å². The summed E-state index contributed by atoms with van der Waals surface area (Å²) in [6, 6.07) is 5.89. The molecular formula is C10H11N5O2. The highest BCUT2D eigenvalue weighted by molar-refractivity contribution is 5.58. The van der Waals surface area contributed by atoms with Crippen LogP contribution in [0.5, 0.6) is 0 Å². The molecule has 2 aromatic rings. The van der Waals surface area contributed by atoms with E-state index >= 15 is 0 Å². The van der Waals surface area contributed by atoms with Crippen LogP contribution in [0.1, 0.15) is 18.8 Å². The van der Waals surface area contributed by atoms with Crippen molar-refractivity contribution >= 4 is 5.69 Å². The second-order valence-corrected chi connectivity index (χ2v) is 3.64. The van der Waals surface area contributed by atoms with Crippen LogP contribution in [0.25, 0.3) is 11.4 Å². The van der Waals surface area contributed by atoms with Crippen LogP contribution in [-0.4, -0.2) is 20.1 Å². The van der Waals surface area contributed by atoms with Gasteiger partial charge in [0.05, 0.1) is 11.0 Å². The number of aromatic nitrogens is 3. The number of hydrogen-bond acceptors (Lipinski definition) is 5. The van der Waals surface area contributed by atoms with Crippen molar-refractivity contribution in [3.05, 3.63) is 40.2 Å². The number of nitrogens with two attached hydrogens (primary N) is 1. The van der Waals surface area contributed by atoms with Crippen molar-refractivity contribution in [3.63, 3.8) is 0 Å². The zero-order chi connectivity index (χ0) is 12.4. The topological polar surface area (TPSA) is 111 Å². The smallest absolute Gasteiger partial charge is 0.270 e. The summed E-state index contributed by atoms with van der Waals surface area (Å²) in [5.41, 5.74) is 6.24. The number of aromatic amines is 1. The molecule has 88 valence electrons. The summed E-state index contributed by atoms with van der Waals surface area (Å²) in [5, 5.41) is 17.3. The summed E-state index contributed by atoms with van der Waals surface area (Å²) in [5.74, 6) is 0.951. The Morgan fingerprint density at radius 3 is 2.88 bits per heavy atom. The first-order chi connectivity index (χ1) is 8.08. The molecule has 17 heavy (non-hydrogen) atoms. The lowest BCUT2D eigenvalue weighted by Gasteiger charge is -1.97. The highest BCUT2D eigenvalue weighted by Crippen LogP contribution is 2.21. The lowest BCUT2D eigenvalue weighted by molar-refractivity contribution is -0.384. The maximum absolute atomic E-state index is 10.6. The van der Waals surface area contributed by atoms with Crippen LogP contribution in [-0.2, 0) is 0 Å². The number of H-pyrrole nitrogens is 1. The first-order valence-electron chi connectivity index (χ1n) is 5.00. The molecule has 0 bridgehead atoms. The van der Waals surface area contributed by atoms with E-state index in [1.165, 1.54) is 12.1 Å². The predicted molar refractivity (Wildman–Crippen MR) is 61.1 cm³/mol. The molecule has 1 heterocycles. The number of nitro groups is 1. The van der Waals surface area contributed by atoms with E-state index in [2.05, 4.69) is 15.2 Å². The van der Waals surface area contributed by atoms with Crippen LogP contribution >= 0.6 is 0 Å². The summed E-state index contributed by atoms with van der Waals surface area (Å²) in [6.45, 7) is 1.78. The van der Waals surface area contributed by atoms with Crippen LogP contribution in [0, 0.1) is 10.1 Å². The van der Waals surface area contributed by atoms with Gasteiger partial charge in [0.1, 0.15) is 5.82 Å². The molecule has 0 aliphatic carbocycles. The van der Waals surface area contributed by atoms with E-state index in [1.54, 1.807) is 19.1 Å². The molecular weight excluding hydrogens is 222 g/mol. The zero-order valence-electron chi connectivity index (χ0n) is 9.12. The number of benzene rings is 1. The van der Waals surface area contributed by atoms with E-state index in [4.69, 9.17) is 5.73 Å². The molecule has 0 amide bonds. The van der Waals surface area contributed by atoms with Gasteiger partial charge in [-0.05, 0) is 6.92 Å². The normalized spacial score (nSPS) is 12.4. The second-order valence-electron chi connectivity index (χ2n) is 3.64. The van der Waals surface area contributed by atoms with Crippen LogP contribution in [0.4, 0.5) is 5.69 Å². The highest BCUT2D eigenvalue weighted by atomic mass is 16.6. The number of hydrogen-bond donors (Lipinski definition) is 2. The molecule has 2 rings (SSSR count). The van der Waals surface area contributed by atoms with Crippen LogP contribution < -0.4 is 5.73 Å². The van der Waals surface area contributed by atoms with E-state index in [0.717, 1.165) is 0 Å². The highest BCUT2D eigenvalue weighted by Gasteiger charge is 2.12. The largest absolute Gasteiger partial charge is 0.322 e. The van der Waals surface area contributed by atoms with E-state index in [0.29, 0.717) is 17.2 Å². The van der Waals surface area contributed by atoms with Crippen LogP contribution in [0.2, 0.25) is 0 Å². The molecule has 0 saturated heterocycles. The fourth-order valence-electron chi connectivity index (χ4n) is 1.37. The van der Waals surface area contributed by atoms with Crippen molar-refractivity contribution < 1.29 is 4.92 Å². The average molecular weight is 233 g/mol. The molecule has 0 aliphatic heterocycles. The summed E-state index contributed by atoms with van der Waals surface area (Å²) in [4.78, 5) is 14.3. The van der Waals surface area contributed by atoms with Crippen molar-refractivity contribution in [2.45, 2.75) is 13.0 Å². The number of nitrogens with one attached hydrogen (secondary N) is 1. The molecule has 1 unspecified atom stereocenters. The summed E-state index contributed by atoms with van der Waals surface area (Å²) < 4.78 is 0. The van der Waals surface area contributed by atoms with Crippen molar-refractivity contribution in [2.24, 2.45) is 5.73 Å². The van der Waals surface area contributed by atoms with Gasteiger partial charge in [0.15, 0.2) is 5.82 Å². The van der Waals surface area contributed by atoms with Gasteiger partial charge in [0.2, 0.25) is 0 Å². The minimum absolute atomic E-state index is 0.00893. The first-order valence-corrected chi connectivity index (χ1v) is 5.00. The minimum atomic E-state index is -0.456. The monoisotopic (exact) mass is 233 g/mol. The Kier molecular flexibility index (Phi) is 2.84. The SMILES string of the molecule is CC(N)c1nc(-c2cccc([N+](=O)[O-])c2)n[nH]1. The predicted octanol–water partition coefficient (Wildman–Crippen LogP) is 1.40. The molecule has 1 aromatic carbocycles. The lowest BCUT2D eigenvalue weighted by Crippen LogP contribution is -2.06. The second kappa shape index (κ2) is 4.30. The summed E-state index contributed by atoms with van der Waals surface area (Å²) in [7, 11) is 0. The molecule has 0 saturated carbocycles. The Morgan fingerprint density at radius 2 is 2.29 bits per heavy atom. The molecule has 0 radical (unpaired) electrons. The van der Waals surface area contributed by atoms with Crippen LogP contribution in [0.3, 0.4) is 0 Å². The van der Waals surface area contributed by atoms with Gasteiger partial charge < -0.3 is 5.73 Å². The number of rotatable bonds is 3. The Morgan fingerprint density at radius 1 is 1.53 bits per heavy atom. The Hall–Kier alpha value is -2.28. The molecule has 0 spiro atoms. The van der Waals surface area contributed by atoms with Gasteiger partial charge in [-0.1, -0.05) is 12.1 Å². The molecule has 3 N–H and O–H groups in total. The van der Waals surface area contributed by atoms with Gasteiger partial charge in [0, 0.05) is 17.7 Å². The van der Waals surface area contributed by atoms with Crippen LogP contribution in [0.15, 0.2) is 24.3 Å². The standard InChI is InChI=1S/C10H11N5O2/c1-6(11)9-12-10(14-13-9)7-3-2-4-8(5-7)15(16)17/h2-6H,11H2,1H3,(H,12,13,14). The van der Waals surface area contributed by atoms with Crippen molar-refractivity contribution in [1.82, 2.24) is 15.2 Å². The average Bonchev–Trinajstić information content (AvgIpc) is 2.78. The van der Waals surface area contributed by atoms with E-state index in [1.807, 2.05) is 0 Å². The van der Waals surface area contributed by atoms with Gasteiger partial charge in [-0.2, -0.15) is 5.10 Å². The van der Waals surface area contributed by atoms with Crippen molar-refractivity contribution in [2.75, 3.05) is 0 Å². The minimum Gasteiger partial charge on any atom is -0.322 e. The molecule has 7 heteroatoms. The molecule has 1 atom stereocenters. The Labute approximate surface area is 96.8 Å². The molecule has 1 aromatic heterocycles. The van der Waals surface area contributed by atoms with Gasteiger partial charge in [-0.3, -0.25) is 15.2 Å². The number of non-ortho nitro benzene ring substituents is 1. The lowest BCUT2D eigenvalue weighted by atomic mass is 10.2. The molecule has 0 fully saturated rings. The Balaban J connectivity index is 2.38. The fraction of sp³-hybridized carbons (Fsp3) is 0.200. The Bertz CT molecular complexity index is 549. The maximum atomic E-state index is 10.6. The first kappa shape index (κ1) is 11.2. The molecule has 0 aliphatic rings. The van der Waals surface area contributed by atoms with Gasteiger partial charge >= 0.3 is 0 Å². The third-order valence-corrected chi connectivity index (χ3v) is 2.25. The summed E-state index contributed by atoms with van der Waals surface area (Å²) >= 11 is 0. The third-order valence-electron chi connectivity index (χ3n) is 2.25.